The van der Waals surface area contributed by atoms with Gasteiger partial charge in [-0.25, -0.2) is 13.9 Å². The standard InChI is InChI=1S/C49H83N3O16P2/c1-4-5-23-29-40-41(66-40)30-25-20-16-12-9-10-13-17-21-26-31-44(53)62-35-39(65-45(54)32-27-22-18-14-8-6-7-11-15-19-24-28-38(2)3)36-63-69(58,59)68-70(60,61)64-37-42-46(55)47(56)48(67-42)52-34-33-43(50)51-49(52)57/h9,12-13,17,20,25,33-34,38-42,46-48,55-56H,4-8,10-11,14-16,18-19,21-24,26-32,35-37H2,1-3H3,(H,58,59)(H,60,61)(H2,50,51,57)/b12-9-,17-13-,25-20-/t39-,40?,41?,42-,46-,47-,48-/m1/s1. The summed E-state index contributed by atoms with van der Waals surface area (Å²) >= 11 is 0. The summed E-state index contributed by atoms with van der Waals surface area (Å²) in [6.07, 6.45) is 28.5. The molecule has 0 aromatic carbocycles. The second-order valence-corrected chi connectivity index (χ2v) is 21.6. The number of nitrogen functional groups attached to an aromatic ring is 1. The van der Waals surface area contributed by atoms with Crippen LogP contribution in [0.1, 0.15) is 175 Å². The topological polar surface area (TPSA) is 278 Å². The van der Waals surface area contributed by atoms with Gasteiger partial charge >= 0.3 is 33.3 Å². The summed E-state index contributed by atoms with van der Waals surface area (Å²) in [5.74, 6) is -0.609. The van der Waals surface area contributed by atoms with Crippen LogP contribution in [-0.4, -0.2) is 97.9 Å². The minimum Gasteiger partial charge on any atom is -0.462 e. The van der Waals surface area contributed by atoms with E-state index in [1.54, 1.807) is 0 Å². The van der Waals surface area contributed by atoms with E-state index in [0.29, 0.717) is 31.5 Å². The number of hydrogen-bond donors (Lipinski definition) is 5. The smallest absolute Gasteiger partial charge is 0.462 e. The van der Waals surface area contributed by atoms with Gasteiger partial charge in [0.2, 0.25) is 0 Å². The molecule has 400 valence electrons. The number of rotatable bonds is 40. The number of ether oxygens (including phenoxy) is 4. The Morgan fingerprint density at radius 2 is 1.37 bits per heavy atom. The number of aromatic nitrogens is 2. The normalized spacial score (nSPS) is 22.5. The van der Waals surface area contributed by atoms with Gasteiger partial charge in [0.05, 0.1) is 25.4 Å². The number of epoxide rings is 1. The zero-order chi connectivity index (χ0) is 51.2. The largest absolute Gasteiger partial charge is 0.481 e. The number of anilines is 1. The third-order valence-electron chi connectivity index (χ3n) is 11.8. The predicted octanol–water partition coefficient (Wildman–Crippen LogP) is 9.23. The summed E-state index contributed by atoms with van der Waals surface area (Å²) in [5.41, 5.74) is 4.58. The third kappa shape index (κ3) is 27.1. The number of phosphoric acid groups is 2. The van der Waals surface area contributed by atoms with Crippen molar-refractivity contribution in [3.05, 3.63) is 59.2 Å². The summed E-state index contributed by atoms with van der Waals surface area (Å²) in [7, 11) is -10.9. The molecule has 0 amide bonds. The van der Waals surface area contributed by atoms with Gasteiger partial charge in [-0.3, -0.25) is 23.2 Å². The highest BCUT2D eigenvalue weighted by atomic mass is 31.3. The predicted molar refractivity (Wildman–Crippen MR) is 265 cm³/mol. The molecule has 9 atom stereocenters. The van der Waals surface area contributed by atoms with E-state index in [-0.39, 0.29) is 18.7 Å². The van der Waals surface area contributed by atoms with Crippen molar-refractivity contribution >= 4 is 33.4 Å². The van der Waals surface area contributed by atoms with Crippen LogP contribution in [-0.2, 0) is 51.0 Å². The van der Waals surface area contributed by atoms with E-state index in [4.69, 9.17) is 33.7 Å². The lowest BCUT2D eigenvalue weighted by atomic mass is 10.0. The van der Waals surface area contributed by atoms with E-state index in [0.717, 1.165) is 68.0 Å². The molecular formula is C49H83N3O16P2. The van der Waals surface area contributed by atoms with E-state index >= 15 is 0 Å². The number of aliphatic hydroxyl groups is 2. The lowest BCUT2D eigenvalue weighted by Gasteiger charge is -2.21. The molecule has 1 aromatic heterocycles. The van der Waals surface area contributed by atoms with Crippen molar-refractivity contribution in [3.63, 3.8) is 0 Å². The molecule has 2 aliphatic rings. The number of phosphoric ester groups is 2. The molecule has 2 saturated heterocycles. The molecule has 0 spiro atoms. The zero-order valence-corrected chi connectivity index (χ0v) is 43.5. The minimum absolute atomic E-state index is 0.0373. The molecule has 1 aromatic rings. The molecule has 2 aliphatic heterocycles. The first-order chi connectivity index (χ1) is 33.5. The van der Waals surface area contributed by atoms with Gasteiger partial charge in [0, 0.05) is 19.0 Å². The van der Waals surface area contributed by atoms with Crippen molar-refractivity contribution in [2.45, 2.75) is 211 Å². The lowest BCUT2D eigenvalue weighted by Crippen LogP contribution is -2.36. The molecule has 19 nitrogen and oxygen atoms in total. The monoisotopic (exact) mass is 1030 g/mol. The van der Waals surface area contributed by atoms with Crippen molar-refractivity contribution in [3.8, 4) is 0 Å². The number of hydrogen-bond acceptors (Lipinski definition) is 16. The first-order valence-electron chi connectivity index (χ1n) is 25.5. The van der Waals surface area contributed by atoms with Gasteiger partial charge in [-0.1, -0.05) is 147 Å². The lowest BCUT2D eigenvalue weighted by molar-refractivity contribution is -0.161. The number of esters is 2. The van der Waals surface area contributed by atoms with Crippen LogP contribution in [0.25, 0.3) is 0 Å². The van der Waals surface area contributed by atoms with Crippen LogP contribution in [0.2, 0.25) is 0 Å². The summed E-state index contributed by atoms with van der Waals surface area (Å²) < 4.78 is 62.5. The molecule has 70 heavy (non-hydrogen) atoms. The van der Waals surface area contributed by atoms with Gasteiger partial charge in [0.15, 0.2) is 12.3 Å². The number of carbonyl (C=O) groups is 2. The van der Waals surface area contributed by atoms with Crippen LogP contribution in [0, 0.1) is 5.92 Å². The van der Waals surface area contributed by atoms with Crippen LogP contribution in [0.15, 0.2) is 53.5 Å². The van der Waals surface area contributed by atoms with Crippen molar-refractivity contribution in [2.24, 2.45) is 5.92 Å². The number of aliphatic hydroxyl groups excluding tert-OH is 2. The maximum atomic E-state index is 12.9. The Balaban J connectivity index is 1.41. The molecule has 0 aliphatic carbocycles. The Morgan fingerprint density at radius 3 is 2.03 bits per heavy atom. The average molecular weight is 1030 g/mol. The Hall–Kier alpha value is -3.06. The first kappa shape index (κ1) is 61.2. The van der Waals surface area contributed by atoms with Crippen LogP contribution in [0.4, 0.5) is 5.82 Å². The number of allylic oxidation sites excluding steroid dienone is 5. The Morgan fingerprint density at radius 1 is 0.757 bits per heavy atom. The van der Waals surface area contributed by atoms with Gasteiger partial charge in [-0.05, 0) is 56.9 Å². The fourth-order valence-corrected chi connectivity index (χ4v) is 9.87. The third-order valence-corrected chi connectivity index (χ3v) is 14.4. The molecule has 3 rings (SSSR count). The number of carbonyl (C=O) groups excluding carboxylic acids is 2. The Labute approximate surface area is 414 Å². The Kier molecular flexibility index (Phi) is 30.1. The van der Waals surface area contributed by atoms with E-state index in [2.05, 4.69) is 54.4 Å². The second kappa shape index (κ2) is 34.4. The maximum absolute atomic E-state index is 12.9. The molecule has 2 fully saturated rings. The van der Waals surface area contributed by atoms with E-state index < -0.39 is 83.7 Å². The van der Waals surface area contributed by atoms with Gasteiger partial charge < -0.3 is 44.7 Å². The summed E-state index contributed by atoms with van der Waals surface area (Å²) in [6, 6.07) is 1.24. The fraction of sp³-hybridized carbons (Fsp3) is 0.755. The number of unbranched alkanes of at least 4 members (excludes halogenated alkanes) is 13. The highest BCUT2D eigenvalue weighted by Gasteiger charge is 2.46. The average Bonchev–Trinajstić information content (AvgIpc) is 3.99. The quantitative estimate of drug-likeness (QED) is 0.0135. The molecule has 4 unspecified atom stereocenters. The van der Waals surface area contributed by atoms with E-state index in [1.807, 2.05) is 12.2 Å². The molecule has 6 N–H and O–H groups in total. The molecule has 21 heteroatoms. The Bertz CT molecular complexity index is 1900. The second-order valence-electron chi connectivity index (χ2n) is 18.5. The van der Waals surface area contributed by atoms with Crippen molar-refractivity contribution in [1.29, 1.82) is 0 Å². The highest BCUT2D eigenvalue weighted by Crippen LogP contribution is 2.60. The van der Waals surface area contributed by atoms with Crippen LogP contribution < -0.4 is 11.4 Å². The maximum Gasteiger partial charge on any atom is 0.481 e. The first-order valence-corrected chi connectivity index (χ1v) is 28.5. The molecule has 0 saturated carbocycles. The summed E-state index contributed by atoms with van der Waals surface area (Å²) in [6.45, 7) is 4.36. The highest BCUT2D eigenvalue weighted by molar-refractivity contribution is 7.61. The number of nitrogens with two attached hydrogens (primary N) is 1. The van der Waals surface area contributed by atoms with Crippen molar-refractivity contribution in [1.82, 2.24) is 9.55 Å². The summed E-state index contributed by atoms with van der Waals surface area (Å²) in [5, 5.41) is 20.9. The van der Waals surface area contributed by atoms with Gasteiger partial charge in [-0.15, -0.1) is 0 Å². The van der Waals surface area contributed by atoms with Gasteiger partial charge in [0.25, 0.3) is 0 Å². The SMILES string of the molecule is CCCCCC1OC1C/C=C\C/C=C\C/C=C\CCCC(=O)OC[C@H](COP(=O)(O)OP(=O)(O)OC[C@H]1O[C@@H](n2ccc(N)nc2=O)[C@H](O)[C@@H]1O)OC(=O)CCCCCCCCCCCCCC(C)C. The van der Waals surface area contributed by atoms with Gasteiger partial charge in [-0.2, -0.15) is 9.29 Å². The van der Waals surface area contributed by atoms with Crippen LogP contribution >= 0.6 is 15.6 Å². The molecular weight excluding hydrogens is 948 g/mol. The molecule has 0 radical (unpaired) electrons. The minimum atomic E-state index is -5.43. The van der Waals surface area contributed by atoms with E-state index in [9.17, 15) is 43.5 Å². The number of nitrogens with zero attached hydrogens (tertiary/aromatic N) is 2. The molecule has 3 heterocycles. The zero-order valence-electron chi connectivity index (χ0n) is 41.7. The fourth-order valence-electron chi connectivity index (χ4n) is 7.76. The van der Waals surface area contributed by atoms with E-state index in [1.165, 1.54) is 70.3 Å². The van der Waals surface area contributed by atoms with Gasteiger partial charge in [0.1, 0.15) is 30.7 Å². The van der Waals surface area contributed by atoms with Crippen molar-refractivity contribution < 1.29 is 71.0 Å². The van der Waals surface area contributed by atoms with Crippen LogP contribution in [0.3, 0.4) is 0 Å². The van der Waals surface area contributed by atoms with Crippen LogP contribution in [0.5, 0.6) is 0 Å². The summed E-state index contributed by atoms with van der Waals surface area (Å²) in [4.78, 5) is 61.9. The van der Waals surface area contributed by atoms with Crippen molar-refractivity contribution in [2.75, 3.05) is 25.6 Å². The molecule has 0 bridgehead atoms.